The number of H-pyrrole nitrogens is 1. The molecule has 0 aliphatic carbocycles. The van der Waals surface area contributed by atoms with Crippen LogP contribution < -0.4 is 5.56 Å². The normalized spacial score (nSPS) is 20.3. The SMILES string of the molecule is O=c1[nH]cnc2c1N=CC2Br. The van der Waals surface area contributed by atoms with E-state index in [0.717, 1.165) is 0 Å². The van der Waals surface area contributed by atoms with E-state index in [1.807, 2.05) is 0 Å². The Morgan fingerprint density at radius 1 is 1.64 bits per heavy atom. The zero-order valence-electron chi connectivity index (χ0n) is 5.41. The molecule has 1 unspecified atom stereocenters. The van der Waals surface area contributed by atoms with Gasteiger partial charge in [0, 0.05) is 6.21 Å². The maximum atomic E-state index is 11.0. The summed E-state index contributed by atoms with van der Waals surface area (Å²) in [6, 6.07) is 0. The summed E-state index contributed by atoms with van der Waals surface area (Å²) in [6.45, 7) is 0. The van der Waals surface area contributed by atoms with Gasteiger partial charge in [-0.1, -0.05) is 15.9 Å². The van der Waals surface area contributed by atoms with Gasteiger partial charge in [-0.15, -0.1) is 0 Å². The van der Waals surface area contributed by atoms with Crippen molar-refractivity contribution in [2.45, 2.75) is 4.83 Å². The lowest BCUT2D eigenvalue weighted by atomic mass is 10.3. The van der Waals surface area contributed by atoms with Crippen LogP contribution in [0, 0.1) is 0 Å². The van der Waals surface area contributed by atoms with Crippen LogP contribution in [0.1, 0.15) is 10.5 Å². The van der Waals surface area contributed by atoms with Crippen LogP contribution in [-0.4, -0.2) is 16.2 Å². The Morgan fingerprint density at radius 3 is 3.18 bits per heavy atom. The van der Waals surface area contributed by atoms with Crippen LogP contribution in [0.4, 0.5) is 5.69 Å². The number of halogens is 1. The van der Waals surface area contributed by atoms with Crippen molar-refractivity contribution < 1.29 is 0 Å². The molecule has 1 aliphatic rings. The molecule has 0 aromatic carbocycles. The number of nitrogens with zero attached hydrogens (tertiary/aromatic N) is 2. The number of hydrogen-bond acceptors (Lipinski definition) is 3. The van der Waals surface area contributed by atoms with Crippen LogP contribution in [0.25, 0.3) is 0 Å². The number of rotatable bonds is 0. The zero-order chi connectivity index (χ0) is 7.84. The van der Waals surface area contributed by atoms with Gasteiger partial charge < -0.3 is 4.98 Å². The van der Waals surface area contributed by atoms with Gasteiger partial charge >= 0.3 is 0 Å². The van der Waals surface area contributed by atoms with E-state index in [0.29, 0.717) is 11.4 Å². The quantitative estimate of drug-likeness (QED) is 0.652. The molecular weight excluding hydrogens is 210 g/mol. The Kier molecular flexibility index (Phi) is 1.38. The number of aliphatic imine (C=N–C) groups is 1. The smallest absolute Gasteiger partial charge is 0.276 e. The minimum atomic E-state index is -0.187. The van der Waals surface area contributed by atoms with Crippen LogP contribution in [0.3, 0.4) is 0 Å². The molecule has 2 rings (SSSR count). The summed E-state index contributed by atoms with van der Waals surface area (Å²) in [5.74, 6) is 0. The number of fused-ring (bicyclic) bond motifs is 1. The van der Waals surface area contributed by atoms with Gasteiger partial charge in [-0.2, -0.15) is 0 Å². The lowest BCUT2D eigenvalue weighted by Crippen LogP contribution is -2.06. The number of aromatic amines is 1. The molecule has 0 saturated heterocycles. The molecule has 0 saturated carbocycles. The highest BCUT2D eigenvalue weighted by atomic mass is 79.9. The highest BCUT2D eigenvalue weighted by Gasteiger charge is 2.19. The van der Waals surface area contributed by atoms with Crippen molar-refractivity contribution in [3.8, 4) is 0 Å². The molecule has 11 heavy (non-hydrogen) atoms. The lowest BCUT2D eigenvalue weighted by molar-refractivity contribution is 1.06. The average Bonchev–Trinajstić information content (AvgIpc) is 2.35. The first-order valence-electron chi connectivity index (χ1n) is 3.05. The Hall–Kier alpha value is -0.970. The van der Waals surface area contributed by atoms with E-state index in [2.05, 4.69) is 30.9 Å². The van der Waals surface area contributed by atoms with E-state index in [9.17, 15) is 4.79 Å². The van der Waals surface area contributed by atoms with E-state index in [1.54, 1.807) is 6.21 Å². The highest BCUT2D eigenvalue weighted by molar-refractivity contribution is 9.09. The highest BCUT2D eigenvalue weighted by Crippen LogP contribution is 2.30. The number of nitrogens with one attached hydrogen (secondary N) is 1. The van der Waals surface area contributed by atoms with Gasteiger partial charge in [-0.3, -0.25) is 9.79 Å². The largest absolute Gasteiger partial charge is 0.311 e. The number of aromatic nitrogens is 2. The molecule has 0 spiro atoms. The second-order valence-electron chi connectivity index (χ2n) is 2.15. The van der Waals surface area contributed by atoms with Crippen molar-refractivity contribution in [1.82, 2.24) is 9.97 Å². The summed E-state index contributed by atoms with van der Waals surface area (Å²) in [5.41, 5.74) is 0.913. The maximum absolute atomic E-state index is 11.0. The van der Waals surface area contributed by atoms with Crippen LogP contribution in [0.15, 0.2) is 16.1 Å². The third-order valence-corrected chi connectivity index (χ3v) is 2.12. The topological polar surface area (TPSA) is 58.1 Å². The van der Waals surface area contributed by atoms with Crippen LogP contribution in [0.5, 0.6) is 0 Å². The van der Waals surface area contributed by atoms with Gasteiger partial charge in [0.2, 0.25) is 0 Å². The van der Waals surface area contributed by atoms with Crippen LogP contribution in [0.2, 0.25) is 0 Å². The van der Waals surface area contributed by atoms with Gasteiger partial charge in [-0.25, -0.2) is 4.98 Å². The average molecular weight is 214 g/mol. The Labute approximate surface area is 70.5 Å². The fourth-order valence-electron chi connectivity index (χ4n) is 0.943. The predicted molar refractivity (Wildman–Crippen MR) is 44.7 cm³/mol. The van der Waals surface area contributed by atoms with Crippen molar-refractivity contribution >= 4 is 27.8 Å². The molecule has 0 radical (unpaired) electrons. The molecule has 1 aliphatic heterocycles. The van der Waals surface area contributed by atoms with E-state index < -0.39 is 0 Å². The van der Waals surface area contributed by atoms with Gasteiger partial charge in [0.25, 0.3) is 5.56 Å². The van der Waals surface area contributed by atoms with Crippen molar-refractivity contribution in [1.29, 1.82) is 0 Å². The fraction of sp³-hybridized carbons (Fsp3) is 0.167. The summed E-state index contributed by atoms with van der Waals surface area (Å²) in [4.78, 5) is 21.3. The molecular formula is C6H4BrN3O. The molecule has 56 valence electrons. The fourth-order valence-corrected chi connectivity index (χ4v) is 1.40. The predicted octanol–water partition coefficient (Wildman–Crippen LogP) is 0.922. The summed E-state index contributed by atoms with van der Waals surface area (Å²) < 4.78 is 0. The first-order chi connectivity index (χ1) is 5.29. The molecule has 2 heterocycles. The molecule has 0 fully saturated rings. The molecule has 1 aromatic rings. The third-order valence-electron chi connectivity index (χ3n) is 1.45. The first kappa shape index (κ1) is 6.72. The van der Waals surface area contributed by atoms with Crippen molar-refractivity contribution in [3.05, 3.63) is 22.4 Å². The van der Waals surface area contributed by atoms with Crippen molar-refractivity contribution in [3.63, 3.8) is 0 Å². The van der Waals surface area contributed by atoms with Gasteiger partial charge in [0.05, 0.1) is 16.8 Å². The summed E-state index contributed by atoms with van der Waals surface area (Å²) in [6.07, 6.45) is 3.02. The zero-order valence-corrected chi connectivity index (χ0v) is 7.00. The standard InChI is InChI=1S/C6H4BrN3O/c7-3-1-8-5-4(3)9-2-10-6(5)11/h1-3H,(H,9,10,11). The van der Waals surface area contributed by atoms with Gasteiger partial charge in [0.15, 0.2) is 5.69 Å². The minimum Gasteiger partial charge on any atom is -0.311 e. The third kappa shape index (κ3) is 0.920. The van der Waals surface area contributed by atoms with E-state index in [1.165, 1.54) is 6.33 Å². The molecule has 0 bridgehead atoms. The molecule has 1 aromatic heterocycles. The maximum Gasteiger partial charge on any atom is 0.276 e. The van der Waals surface area contributed by atoms with Crippen molar-refractivity contribution in [2.75, 3.05) is 0 Å². The molecule has 4 nitrogen and oxygen atoms in total. The second kappa shape index (κ2) is 2.27. The molecule has 1 atom stereocenters. The Bertz CT molecular complexity index is 370. The Balaban J connectivity index is 2.74. The summed E-state index contributed by atoms with van der Waals surface area (Å²) >= 11 is 3.31. The molecule has 1 N–H and O–H groups in total. The molecule has 0 amide bonds. The lowest BCUT2D eigenvalue weighted by Gasteiger charge is -1.95. The Morgan fingerprint density at radius 2 is 2.45 bits per heavy atom. The minimum absolute atomic E-state index is 0.0141. The molecule has 5 heteroatoms. The summed E-state index contributed by atoms with van der Waals surface area (Å²) in [5, 5.41) is 0. The van der Waals surface area contributed by atoms with Crippen LogP contribution >= 0.6 is 15.9 Å². The first-order valence-corrected chi connectivity index (χ1v) is 3.96. The second-order valence-corrected chi connectivity index (χ2v) is 3.13. The summed E-state index contributed by atoms with van der Waals surface area (Å²) in [7, 11) is 0. The number of hydrogen-bond donors (Lipinski definition) is 1. The van der Waals surface area contributed by atoms with E-state index >= 15 is 0 Å². The van der Waals surface area contributed by atoms with E-state index in [-0.39, 0.29) is 10.4 Å². The van der Waals surface area contributed by atoms with Crippen molar-refractivity contribution in [2.24, 2.45) is 4.99 Å². The monoisotopic (exact) mass is 213 g/mol. The van der Waals surface area contributed by atoms with E-state index in [4.69, 9.17) is 0 Å². The van der Waals surface area contributed by atoms with Gasteiger partial charge in [0.1, 0.15) is 0 Å². The number of alkyl halides is 1. The van der Waals surface area contributed by atoms with Crippen LogP contribution in [-0.2, 0) is 0 Å². The van der Waals surface area contributed by atoms with Gasteiger partial charge in [-0.05, 0) is 0 Å².